The summed E-state index contributed by atoms with van der Waals surface area (Å²) in [4.78, 5) is 15.6. The molecule has 2 aromatic heterocycles. The second-order valence-corrected chi connectivity index (χ2v) is 6.34. The first-order chi connectivity index (χ1) is 12.2. The lowest BCUT2D eigenvalue weighted by Gasteiger charge is -2.11. The topological polar surface area (TPSA) is 58.0 Å². The molecular weight excluding hydrogens is 312 g/mol. The van der Waals surface area contributed by atoms with Crippen LogP contribution in [0.3, 0.4) is 0 Å². The number of hydrogen-bond donors (Lipinski definition) is 2. The molecule has 25 heavy (non-hydrogen) atoms. The zero-order valence-corrected chi connectivity index (χ0v) is 14.1. The van der Waals surface area contributed by atoms with E-state index in [2.05, 4.69) is 16.4 Å². The van der Waals surface area contributed by atoms with Gasteiger partial charge in [0.25, 0.3) is 0 Å². The second-order valence-electron chi connectivity index (χ2n) is 6.34. The predicted molar refractivity (Wildman–Crippen MR) is 99.4 cm³/mol. The van der Waals surface area contributed by atoms with E-state index in [1.54, 1.807) is 0 Å². The molecule has 0 fully saturated rings. The van der Waals surface area contributed by atoms with E-state index >= 15 is 0 Å². The van der Waals surface area contributed by atoms with Crippen molar-refractivity contribution in [2.24, 2.45) is 0 Å². The molecule has 126 valence electrons. The number of furan rings is 1. The Morgan fingerprint density at radius 1 is 1.16 bits per heavy atom. The second kappa shape index (κ2) is 6.48. The van der Waals surface area contributed by atoms with Crippen LogP contribution >= 0.6 is 0 Å². The van der Waals surface area contributed by atoms with Crippen molar-refractivity contribution in [1.82, 2.24) is 10.3 Å². The van der Waals surface area contributed by atoms with Crippen molar-refractivity contribution in [2.45, 2.75) is 25.8 Å². The van der Waals surface area contributed by atoms with Crippen molar-refractivity contribution >= 4 is 27.8 Å². The van der Waals surface area contributed by atoms with Gasteiger partial charge in [-0.25, -0.2) is 0 Å². The highest BCUT2D eigenvalue weighted by molar-refractivity contribution is 5.84. The maximum absolute atomic E-state index is 12.3. The van der Waals surface area contributed by atoms with Gasteiger partial charge in [-0.2, -0.15) is 0 Å². The van der Waals surface area contributed by atoms with Gasteiger partial charge in [0.1, 0.15) is 11.3 Å². The van der Waals surface area contributed by atoms with Gasteiger partial charge < -0.3 is 14.7 Å². The summed E-state index contributed by atoms with van der Waals surface area (Å²) in [5, 5.41) is 5.26. The van der Waals surface area contributed by atoms with Crippen molar-refractivity contribution in [3.05, 3.63) is 72.1 Å². The number of aromatic nitrogens is 1. The first-order valence-corrected chi connectivity index (χ1v) is 8.53. The first-order valence-electron chi connectivity index (χ1n) is 8.53. The van der Waals surface area contributed by atoms with Crippen LogP contribution in [0, 0.1) is 0 Å². The van der Waals surface area contributed by atoms with Crippen LogP contribution in [0.1, 0.15) is 30.7 Å². The summed E-state index contributed by atoms with van der Waals surface area (Å²) in [5.41, 5.74) is 3.12. The van der Waals surface area contributed by atoms with E-state index in [-0.39, 0.29) is 11.9 Å². The van der Waals surface area contributed by atoms with Gasteiger partial charge in [-0.3, -0.25) is 4.79 Å². The Bertz CT molecular complexity index is 995. The molecular formula is C21H20N2O2. The smallest absolute Gasteiger partial charge is 0.220 e. The third-order valence-corrected chi connectivity index (χ3v) is 4.55. The number of fused-ring (bicyclic) bond motifs is 2. The standard InChI is InChI=1S/C21H20N2O2/c1-14(20-12-15-6-2-5-9-19(15)25-20)23-21(24)11-10-16-13-22-18-8-4-3-7-17(16)18/h2-9,12-14,22H,10-11H2,1H3,(H,23,24). The van der Waals surface area contributed by atoms with Crippen LogP contribution in [0.25, 0.3) is 21.9 Å². The number of amides is 1. The average Bonchev–Trinajstić information content (AvgIpc) is 3.24. The van der Waals surface area contributed by atoms with Gasteiger partial charge in [0.2, 0.25) is 5.91 Å². The molecule has 0 aliphatic carbocycles. The Balaban J connectivity index is 1.39. The largest absolute Gasteiger partial charge is 0.459 e. The number of para-hydroxylation sites is 2. The lowest BCUT2D eigenvalue weighted by molar-refractivity contribution is -0.121. The molecule has 0 bridgehead atoms. The fraction of sp³-hybridized carbons (Fsp3) is 0.190. The third-order valence-electron chi connectivity index (χ3n) is 4.55. The number of carbonyl (C=O) groups excluding carboxylic acids is 1. The van der Waals surface area contributed by atoms with E-state index in [1.165, 1.54) is 10.9 Å². The molecule has 1 atom stereocenters. The van der Waals surface area contributed by atoms with Gasteiger partial charge in [-0.1, -0.05) is 36.4 Å². The van der Waals surface area contributed by atoms with Crippen molar-refractivity contribution in [3.8, 4) is 0 Å². The van der Waals surface area contributed by atoms with Crippen LogP contribution in [0.4, 0.5) is 0 Å². The fourth-order valence-electron chi connectivity index (χ4n) is 3.19. The molecule has 1 amide bonds. The molecule has 4 rings (SSSR count). The monoisotopic (exact) mass is 332 g/mol. The maximum Gasteiger partial charge on any atom is 0.220 e. The molecule has 2 N–H and O–H groups in total. The number of nitrogens with one attached hydrogen (secondary N) is 2. The van der Waals surface area contributed by atoms with Crippen LogP contribution in [-0.4, -0.2) is 10.9 Å². The summed E-state index contributed by atoms with van der Waals surface area (Å²) in [6.45, 7) is 1.95. The van der Waals surface area contributed by atoms with Crippen molar-refractivity contribution in [3.63, 3.8) is 0 Å². The summed E-state index contributed by atoms with van der Waals surface area (Å²) in [5.74, 6) is 0.805. The molecule has 4 aromatic rings. The Morgan fingerprint density at radius 2 is 1.96 bits per heavy atom. The van der Waals surface area contributed by atoms with Gasteiger partial charge in [0.15, 0.2) is 0 Å². The van der Waals surface area contributed by atoms with Gasteiger partial charge in [-0.15, -0.1) is 0 Å². The van der Waals surface area contributed by atoms with Crippen LogP contribution in [-0.2, 0) is 11.2 Å². The van der Waals surface area contributed by atoms with Gasteiger partial charge >= 0.3 is 0 Å². The van der Waals surface area contributed by atoms with Gasteiger partial charge in [0, 0.05) is 28.9 Å². The number of aromatic amines is 1. The number of benzene rings is 2. The number of hydrogen-bond acceptors (Lipinski definition) is 2. The summed E-state index contributed by atoms with van der Waals surface area (Å²) in [6, 6.07) is 17.8. The van der Waals surface area contributed by atoms with Crippen LogP contribution in [0.15, 0.2) is 65.2 Å². The lowest BCUT2D eigenvalue weighted by atomic mass is 10.1. The molecule has 1 unspecified atom stereocenters. The van der Waals surface area contributed by atoms with E-state index in [0.717, 1.165) is 22.2 Å². The third kappa shape index (κ3) is 3.15. The SMILES string of the molecule is CC(NC(=O)CCc1c[nH]c2ccccc12)c1cc2ccccc2o1. The molecule has 4 heteroatoms. The molecule has 0 aliphatic heterocycles. The average molecular weight is 332 g/mol. The predicted octanol–water partition coefficient (Wildman–Crippen LogP) is 4.72. The molecule has 0 saturated carbocycles. The normalized spacial score (nSPS) is 12.5. The fourth-order valence-corrected chi connectivity index (χ4v) is 3.19. The maximum atomic E-state index is 12.3. The Kier molecular flexibility index (Phi) is 4.02. The minimum absolute atomic E-state index is 0.0261. The Morgan fingerprint density at radius 3 is 2.84 bits per heavy atom. The number of aryl methyl sites for hydroxylation is 1. The van der Waals surface area contributed by atoms with E-state index in [4.69, 9.17) is 4.42 Å². The summed E-state index contributed by atoms with van der Waals surface area (Å²) < 4.78 is 5.82. The highest BCUT2D eigenvalue weighted by atomic mass is 16.3. The highest BCUT2D eigenvalue weighted by Crippen LogP contribution is 2.24. The van der Waals surface area contributed by atoms with E-state index in [9.17, 15) is 4.79 Å². The van der Waals surface area contributed by atoms with E-state index < -0.39 is 0 Å². The highest BCUT2D eigenvalue weighted by Gasteiger charge is 2.14. The van der Waals surface area contributed by atoms with Gasteiger partial charge in [0.05, 0.1) is 6.04 Å². The Hall–Kier alpha value is -3.01. The summed E-state index contributed by atoms with van der Waals surface area (Å²) in [7, 11) is 0. The van der Waals surface area contributed by atoms with Crippen LogP contribution in [0.2, 0.25) is 0 Å². The summed E-state index contributed by atoms with van der Waals surface area (Å²) in [6.07, 6.45) is 3.15. The number of rotatable bonds is 5. The zero-order valence-electron chi connectivity index (χ0n) is 14.1. The Labute approximate surface area is 145 Å². The molecule has 4 nitrogen and oxygen atoms in total. The summed E-state index contributed by atoms with van der Waals surface area (Å²) >= 11 is 0. The molecule has 0 aliphatic rings. The molecule has 0 spiro atoms. The number of H-pyrrole nitrogens is 1. The van der Waals surface area contributed by atoms with Crippen molar-refractivity contribution in [1.29, 1.82) is 0 Å². The number of carbonyl (C=O) groups is 1. The van der Waals surface area contributed by atoms with Crippen molar-refractivity contribution < 1.29 is 9.21 Å². The zero-order chi connectivity index (χ0) is 17.2. The lowest BCUT2D eigenvalue weighted by Crippen LogP contribution is -2.26. The minimum atomic E-state index is -0.150. The quantitative estimate of drug-likeness (QED) is 0.555. The molecule has 2 heterocycles. The van der Waals surface area contributed by atoms with E-state index in [1.807, 2.05) is 61.7 Å². The molecule has 0 saturated heterocycles. The van der Waals surface area contributed by atoms with Crippen LogP contribution < -0.4 is 5.32 Å². The first kappa shape index (κ1) is 15.5. The van der Waals surface area contributed by atoms with Crippen LogP contribution in [0.5, 0.6) is 0 Å². The molecule has 2 aromatic carbocycles. The minimum Gasteiger partial charge on any atom is -0.459 e. The molecule has 0 radical (unpaired) electrons. The van der Waals surface area contributed by atoms with E-state index in [0.29, 0.717) is 12.8 Å². The van der Waals surface area contributed by atoms with Crippen molar-refractivity contribution in [2.75, 3.05) is 0 Å². The van der Waals surface area contributed by atoms with Gasteiger partial charge in [-0.05, 0) is 37.1 Å².